The number of rotatable bonds is 5. The van der Waals surface area contributed by atoms with Gasteiger partial charge in [0, 0.05) is 18.3 Å². The molecule has 0 bridgehead atoms. The highest BCUT2D eigenvalue weighted by Gasteiger charge is 2.51. The lowest BCUT2D eigenvalue weighted by molar-refractivity contribution is -0.197. The predicted octanol–water partition coefficient (Wildman–Crippen LogP) is 2.93. The molecular formula is C22H32N4O4Si. The van der Waals surface area contributed by atoms with Crippen LogP contribution in [0.5, 0.6) is 0 Å². The molecule has 3 atom stereocenters. The van der Waals surface area contributed by atoms with Crippen molar-refractivity contribution in [2.24, 2.45) is 0 Å². The van der Waals surface area contributed by atoms with Gasteiger partial charge in [-0.05, 0) is 31.1 Å². The summed E-state index contributed by atoms with van der Waals surface area (Å²) in [6, 6.07) is 10.4. The summed E-state index contributed by atoms with van der Waals surface area (Å²) in [6.07, 6.45) is 0.115. The summed E-state index contributed by atoms with van der Waals surface area (Å²) in [4.78, 5) is 30.0. The molecule has 1 aromatic heterocycles. The van der Waals surface area contributed by atoms with Crippen LogP contribution in [-0.4, -0.2) is 42.1 Å². The third-order valence-corrected chi connectivity index (χ3v) is 10.7. The van der Waals surface area contributed by atoms with Gasteiger partial charge in [0.15, 0.2) is 26.0 Å². The number of carbonyl (C=O) groups excluding carboxylic acids is 1. The van der Waals surface area contributed by atoms with Crippen molar-refractivity contribution in [2.45, 2.75) is 63.9 Å². The van der Waals surface area contributed by atoms with Crippen molar-refractivity contribution >= 4 is 19.9 Å². The fourth-order valence-corrected chi connectivity index (χ4v) is 4.54. The Morgan fingerprint density at radius 2 is 1.94 bits per heavy atom. The number of benzene rings is 1. The van der Waals surface area contributed by atoms with Crippen LogP contribution in [0.3, 0.4) is 0 Å². The number of hydrogen-bond donors (Lipinski definition) is 2. The van der Waals surface area contributed by atoms with Crippen molar-refractivity contribution in [1.82, 2.24) is 14.9 Å². The Bertz CT molecular complexity index is 1000. The van der Waals surface area contributed by atoms with E-state index < -0.39 is 32.1 Å². The standard InChI is InChI=1S/C22H32N4O4Si/c1-21(2,3)31(5,6)30-17-14-24-19(26-13-12-16(23)25-20(26)28)22(4,29-17)18(27)15-10-8-7-9-11-15/h7-13,17,19,24H,14H2,1-6H3,(H2,23,25,28). The van der Waals surface area contributed by atoms with E-state index >= 15 is 0 Å². The number of Topliss-reactive ketones (excluding diaryl/α,β-unsaturated/α-hetero) is 1. The number of ketones is 1. The summed E-state index contributed by atoms with van der Waals surface area (Å²) in [5, 5.41) is 3.27. The lowest BCUT2D eigenvalue weighted by atomic mass is 9.90. The third kappa shape index (κ3) is 4.64. The van der Waals surface area contributed by atoms with Crippen LogP contribution in [0.25, 0.3) is 0 Å². The van der Waals surface area contributed by atoms with E-state index in [1.807, 2.05) is 6.07 Å². The summed E-state index contributed by atoms with van der Waals surface area (Å²) in [5.41, 5.74) is 4.17. The molecular weight excluding hydrogens is 412 g/mol. The van der Waals surface area contributed by atoms with Crippen LogP contribution in [-0.2, 0) is 9.16 Å². The van der Waals surface area contributed by atoms with Gasteiger partial charge in [-0.3, -0.25) is 14.7 Å². The average Bonchev–Trinajstić information content (AvgIpc) is 2.68. The molecule has 8 nitrogen and oxygen atoms in total. The lowest BCUT2D eigenvalue weighted by Gasteiger charge is -2.47. The highest BCUT2D eigenvalue weighted by molar-refractivity contribution is 6.74. The molecule has 168 valence electrons. The second-order valence-electron chi connectivity index (χ2n) is 9.58. The van der Waals surface area contributed by atoms with Crippen molar-refractivity contribution in [3.8, 4) is 0 Å². The fraction of sp³-hybridized carbons (Fsp3) is 0.500. The average molecular weight is 445 g/mol. The zero-order valence-electron chi connectivity index (χ0n) is 19.0. The van der Waals surface area contributed by atoms with Gasteiger partial charge in [-0.25, -0.2) is 4.79 Å². The molecule has 1 aliphatic rings. The number of hydrogen-bond acceptors (Lipinski definition) is 7. The Morgan fingerprint density at radius 3 is 2.52 bits per heavy atom. The number of carbonyl (C=O) groups is 1. The number of aromatic nitrogens is 2. The Balaban J connectivity index is 2.01. The SMILES string of the molecule is CC1(C(=O)c2ccccc2)OC(O[Si](C)(C)C(C)(C)C)CNC1n1ccc(N)nc1=O. The Hall–Kier alpha value is -2.33. The normalized spacial score (nSPS) is 24.7. The van der Waals surface area contributed by atoms with E-state index in [4.69, 9.17) is 14.9 Å². The molecule has 1 fully saturated rings. The van der Waals surface area contributed by atoms with E-state index in [1.54, 1.807) is 31.2 Å². The van der Waals surface area contributed by atoms with E-state index in [-0.39, 0.29) is 16.6 Å². The summed E-state index contributed by atoms with van der Waals surface area (Å²) < 4.78 is 14.1. The minimum absolute atomic E-state index is 0.0230. The number of anilines is 1. The van der Waals surface area contributed by atoms with Crippen LogP contribution < -0.4 is 16.7 Å². The van der Waals surface area contributed by atoms with Crippen molar-refractivity contribution in [1.29, 1.82) is 0 Å². The van der Waals surface area contributed by atoms with Gasteiger partial charge in [0.05, 0.1) is 0 Å². The number of nitrogen functional groups attached to an aromatic ring is 1. The van der Waals surface area contributed by atoms with Crippen LogP contribution in [0.2, 0.25) is 18.1 Å². The first kappa shape index (κ1) is 23.3. The first-order valence-electron chi connectivity index (χ1n) is 10.4. The molecule has 3 rings (SSSR count). The molecule has 0 spiro atoms. The largest absolute Gasteiger partial charge is 0.391 e. The van der Waals surface area contributed by atoms with Crippen molar-refractivity contribution in [3.63, 3.8) is 0 Å². The Morgan fingerprint density at radius 1 is 1.29 bits per heavy atom. The molecule has 3 unspecified atom stereocenters. The zero-order chi connectivity index (χ0) is 23.0. The molecule has 9 heteroatoms. The highest BCUT2D eigenvalue weighted by Crippen LogP contribution is 2.40. The van der Waals surface area contributed by atoms with E-state index in [0.29, 0.717) is 12.1 Å². The molecule has 1 aliphatic heterocycles. The monoisotopic (exact) mass is 444 g/mol. The van der Waals surface area contributed by atoms with Gasteiger partial charge < -0.3 is 14.9 Å². The van der Waals surface area contributed by atoms with Crippen LogP contribution in [0.4, 0.5) is 5.82 Å². The molecule has 1 aromatic carbocycles. The second kappa shape index (κ2) is 8.31. The van der Waals surface area contributed by atoms with E-state index in [9.17, 15) is 9.59 Å². The van der Waals surface area contributed by atoms with Crippen LogP contribution in [0.1, 0.15) is 44.2 Å². The van der Waals surface area contributed by atoms with Gasteiger partial charge in [0.2, 0.25) is 0 Å². The quantitative estimate of drug-likeness (QED) is 0.539. The van der Waals surface area contributed by atoms with Gasteiger partial charge >= 0.3 is 5.69 Å². The Kier molecular flexibility index (Phi) is 6.25. The van der Waals surface area contributed by atoms with E-state index in [0.717, 1.165) is 0 Å². The minimum atomic E-state index is -2.16. The van der Waals surface area contributed by atoms with Crippen molar-refractivity contribution in [2.75, 3.05) is 12.3 Å². The first-order chi connectivity index (χ1) is 14.3. The van der Waals surface area contributed by atoms with Gasteiger partial charge in [0.1, 0.15) is 12.0 Å². The second-order valence-corrected chi connectivity index (χ2v) is 14.3. The van der Waals surface area contributed by atoms with Gasteiger partial charge in [-0.2, -0.15) is 4.98 Å². The predicted molar refractivity (Wildman–Crippen MR) is 122 cm³/mol. The minimum Gasteiger partial charge on any atom is -0.391 e. The maximum absolute atomic E-state index is 13.6. The van der Waals surface area contributed by atoms with Crippen LogP contribution >= 0.6 is 0 Å². The maximum atomic E-state index is 13.6. The number of nitrogens with one attached hydrogen (secondary N) is 1. The number of nitrogens with two attached hydrogens (primary N) is 1. The molecule has 0 aliphatic carbocycles. The van der Waals surface area contributed by atoms with Crippen molar-refractivity contribution in [3.05, 3.63) is 58.6 Å². The molecule has 0 amide bonds. The van der Waals surface area contributed by atoms with Gasteiger partial charge in [-0.15, -0.1) is 0 Å². The Labute approximate surface area is 183 Å². The zero-order valence-corrected chi connectivity index (χ0v) is 20.0. The summed E-state index contributed by atoms with van der Waals surface area (Å²) >= 11 is 0. The number of morpholine rings is 1. The molecule has 0 radical (unpaired) electrons. The fourth-order valence-electron chi connectivity index (χ4n) is 3.39. The lowest BCUT2D eigenvalue weighted by Crippen LogP contribution is -2.63. The molecule has 31 heavy (non-hydrogen) atoms. The van der Waals surface area contributed by atoms with Crippen molar-refractivity contribution < 1.29 is 14.0 Å². The van der Waals surface area contributed by atoms with E-state index in [1.165, 1.54) is 16.8 Å². The molecule has 2 heterocycles. The van der Waals surface area contributed by atoms with E-state index in [2.05, 4.69) is 44.2 Å². The maximum Gasteiger partial charge on any atom is 0.350 e. The first-order valence-corrected chi connectivity index (χ1v) is 13.3. The highest BCUT2D eigenvalue weighted by atomic mass is 28.4. The summed E-state index contributed by atoms with van der Waals surface area (Å²) in [5.74, 6) is -0.133. The molecule has 3 N–H and O–H groups in total. The molecule has 1 saturated heterocycles. The van der Waals surface area contributed by atoms with Gasteiger partial charge in [0.25, 0.3) is 0 Å². The third-order valence-electron chi connectivity index (χ3n) is 6.22. The van der Waals surface area contributed by atoms with Crippen LogP contribution in [0.15, 0.2) is 47.4 Å². The number of ether oxygens (including phenoxy) is 1. The molecule has 2 aromatic rings. The smallest absolute Gasteiger partial charge is 0.350 e. The number of nitrogens with zero attached hydrogens (tertiary/aromatic N) is 2. The topological polar surface area (TPSA) is 108 Å². The van der Waals surface area contributed by atoms with Crippen LogP contribution in [0, 0.1) is 0 Å². The summed E-state index contributed by atoms with van der Waals surface area (Å²) in [6.45, 7) is 12.7. The summed E-state index contributed by atoms with van der Waals surface area (Å²) in [7, 11) is -2.16. The van der Waals surface area contributed by atoms with Gasteiger partial charge in [-0.1, -0.05) is 51.1 Å². The molecule has 0 saturated carbocycles.